The summed E-state index contributed by atoms with van der Waals surface area (Å²) in [5.41, 5.74) is 0.582. The Labute approximate surface area is 119 Å². The number of nitriles is 1. The first-order valence-corrected chi connectivity index (χ1v) is 5.88. The molecule has 2 aromatic rings. The fraction of sp³-hybridized carbons (Fsp3) is 0.0769. The van der Waals surface area contributed by atoms with E-state index in [1.54, 1.807) is 19.1 Å². The highest BCUT2D eigenvalue weighted by Crippen LogP contribution is 2.33. The van der Waals surface area contributed by atoms with E-state index < -0.39 is 4.92 Å². The smallest absolute Gasteiger partial charge is 0.314 e. The predicted octanol–water partition coefficient (Wildman–Crippen LogP) is 3.62. The Balaban J connectivity index is 2.46. The fourth-order valence-electron chi connectivity index (χ4n) is 1.65. The zero-order valence-electron chi connectivity index (χ0n) is 10.3. The molecule has 0 fully saturated rings. The number of halogens is 1. The molecule has 0 bridgehead atoms. The van der Waals surface area contributed by atoms with E-state index >= 15 is 0 Å². The molecule has 0 aliphatic carbocycles. The lowest BCUT2D eigenvalue weighted by Gasteiger charge is -2.07. The first-order chi connectivity index (χ1) is 9.51. The minimum absolute atomic E-state index is 0.0303. The molecule has 100 valence electrons. The number of aromatic nitrogens is 1. The molecule has 0 saturated heterocycles. The van der Waals surface area contributed by atoms with Gasteiger partial charge in [0.1, 0.15) is 5.15 Å². The van der Waals surface area contributed by atoms with E-state index in [2.05, 4.69) is 4.98 Å². The van der Waals surface area contributed by atoms with E-state index in [1.807, 2.05) is 6.07 Å². The van der Waals surface area contributed by atoms with Crippen LogP contribution in [0.2, 0.25) is 5.15 Å². The summed E-state index contributed by atoms with van der Waals surface area (Å²) in [5.74, 6) is 0.0800. The fourth-order valence-corrected chi connectivity index (χ4v) is 1.85. The van der Waals surface area contributed by atoms with Gasteiger partial charge in [0.2, 0.25) is 11.6 Å². The summed E-state index contributed by atoms with van der Waals surface area (Å²) in [6.45, 7) is 1.61. The molecule has 6 nitrogen and oxygen atoms in total. The molecule has 0 saturated carbocycles. The Morgan fingerprint density at radius 2 is 2.20 bits per heavy atom. The van der Waals surface area contributed by atoms with Gasteiger partial charge in [-0.1, -0.05) is 23.7 Å². The molecule has 1 aromatic heterocycles. The van der Waals surface area contributed by atoms with Crippen LogP contribution in [-0.4, -0.2) is 9.91 Å². The van der Waals surface area contributed by atoms with Gasteiger partial charge in [-0.2, -0.15) is 5.26 Å². The Morgan fingerprint density at radius 3 is 2.85 bits per heavy atom. The highest BCUT2D eigenvalue weighted by molar-refractivity contribution is 6.29. The van der Waals surface area contributed by atoms with Crippen molar-refractivity contribution in [3.63, 3.8) is 0 Å². The van der Waals surface area contributed by atoms with Gasteiger partial charge in [0, 0.05) is 11.6 Å². The van der Waals surface area contributed by atoms with E-state index in [0.29, 0.717) is 5.56 Å². The lowest BCUT2D eigenvalue weighted by Crippen LogP contribution is -1.97. The molecule has 1 aromatic carbocycles. The van der Waals surface area contributed by atoms with Gasteiger partial charge in [0.15, 0.2) is 0 Å². The second-order valence-corrected chi connectivity index (χ2v) is 4.30. The van der Waals surface area contributed by atoms with Crippen LogP contribution in [0.1, 0.15) is 11.1 Å². The zero-order chi connectivity index (χ0) is 14.7. The monoisotopic (exact) mass is 289 g/mol. The number of hydrogen-bond acceptors (Lipinski definition) is 5. The van der Waals surface area contributed by atoms with E-state index in [0.717, 1.165) is 0 Å². The summed E-state index contributed by atoms with van der Waals surface area (Å²) < 4.78 is 5.39. The van der Waals surface area contributed by atoms with Crippen molar-refractivity contribution in [3.8, 4) is 17.7 Å². The molecule has 7 heteroatoms. The third kappa shape index (κ3) is 2.84. The highest BCUT2D eigenvalue weighted by Gasteiger charge is 2.19. The van der Waals surface area contributed by atoms with Gasteiger partial charge >= 0.3 is 5.69 Å². The Kier molecular flexibility index (Phi) is 3.82. The van der Waals surface area contributed by atoms with E-state index in [1.165, 1.54) is 18.2 Å². The van der Waals surface area contributed by atoms with Crippen molar-refractivity contribution in [2.45, 2.75) is 6.92 Å². The minimum Gasteiger partial charge on any atom is -0.432 e. The lowest BCUT2D eigenvalue weighted by atomic mass is 10.2. The Bertz CT molecular complexity index is 725. The van der Waals surface area contributed by atoms with Crippen LogP contribution in [0.4, 0.5) is 5.69 Å². The molecule has 20 heavy (non-hydrogen) atoms. The molecule has 0 radical (unpaired) electrons. The third-order valence-electron chi connectivity index (χ3n) is 2.50. The zero-order valence-corrected chi connectivity index (χ0v) is 11.1. The molecule has 0 spiro atoms. The van der Waals surface area contributed by atoms with Gasteiger partial charge < -0.3 is 4.74 Å². The van der Waals surface area contributed by atoms with E-state index in [4.69, 9.17) is 21.6 Å². The van der Waals surface area contributed by atoms with Crippen molar-refractivity contribution in [3.05, 3.63) is 56.7 Å². The van der Waals surface area contributed by atoms with Crippen molar-refractivity contribution < 1.29 is 9.66 Å². The topological polar surface area (TPSA) is 89.0 Å². The van der Waals surface area contributed by atoms with Crippen molar-refractivity contribution in [1.29, 1.82) is 5.26 Å². The average molecular weight is 290 g/mol. The van der Waals surface area contributed by atoms with Gasteiger partial charge in [-0.05, 0) is 19.1 Å². The predicted molar refractivity (Wildman–Crippen MR) is 71.9 cm³/mol. The Hall–Kier alpha value is -2.65. The molecular formula is C13H8ClN3O3. The van der Waals surface area contributed by atoms with Crippen LogP contribution in [0.25, 0.3) is 0 Å². The average Bonchev–Trinajstić information content (AvgIpc) is 2.37. The van der Waals surface area contributed by atoms with Crippen molar-refractivity contribution in [1.82, 2.24) is 4.98 Å². The number of nitrogens with zero attached hydrogens (tertiary/aromatic N) is 3. The molecule has 0 N–H and O–H groups in total. The number of ether oxygens (including phenoxy) is 1. The number of benzene rings is 1. The molecule has 0 unspecified atom stereocenters. The lowest BCUT2D eigenvalue weighted by molar-refractivity contribution is -0.386. The summed E-state index contributed by atoms with van der Waals surface area (Å²) in [6, 6.07) is 9.34. The summed E-state index contributed by atoms with van der Waals surface area (Å²) in [6.07, 6.45) is 0. The summed E-state index contributed by atoms with van der Waals surface area (Å²) in [4.78, 5) is 14.4. The maximum atomic E-state index is 11.0. The van der Waals surface area contributed by atoms with Gasteiger partial charge in [-0.3, -0.25) is 10.1 Å². The quantitative estimate of drug-likeness (QED) is 0.489. The number of aryl methyl sites for hydroxylation is 1. The number of para-hydroxylation sites is 1. The molecule has 0 aliphatic rings. The summed E-state index contributed by atoms with van der Waals surface area (Å²) in [5, 5.41) is 20.0. The summed E-state index contributed by atoms with van der Waals surface area (Å²) >= 11 is 5.75. The van der Waals surface area contributed by atoms with Crippen LogP contribution in [0.3, 0.4) is 0 Å². The van der Waals surface area contributed by atoms with Gasteiger partial charge in [-0.25, -0.2) is 4.98 Å². The molecule has 0 atom stereocenters. The molecule has 0 amide bonds. The number of nitro groups is 1. The van der Waals surface area contributed by atoms with Gasteiger partial charge in [0.05, 0.1) is 16.6 Å². The number of rotatable bonds is 3. The third-order valence-corrected chi connectivity index (χ3v) is 2.69. The van der Waals surface area contributed by atoms with Gasteiger partial charge in [0.25, 0.3) is 0 Å². The van der Waals surface area contributed by atoms with Crippen LogP contribution < -0.4 is 4.74 Å². The minimum atomic E-state index is -0.527. The van der Waals surface area contributed by atoms with Crippen LogP contribution in [0.15, 0.2) is 30.3 Å². The maximum absolute atomic E-state index is 11.0. The second-order valence-electron chi connectivity index (χ2n) is 3.91. The largest absolute Gasteiger partial charge is 0.432 e. The molecule has 0 aliphatic heterocycles. The second kappa shape index (κ2) is 5.55. The first-order valence-electron chi connectivity index (χ1n) is 5.51. The van der Waals surface area contributed by atoms with Crippen molar-refractivity contribution in [2.75, 3.05) is 0 Å². The standard InChI is InChI=1S/C13H8ClN3O3/c1-8-3-2-4-10(13(8)17(18)19)20-12-6-9(7-15)5-11(14)16-12/h2-6H,1H3. The van der Waals surface area contributed by atoms with Crippen LogP contribution in [-0.2, 0) is 0 Å². The Morgan fingerprint density at radius 1 is 1.45 bits per heavy atom. The SMILES string of the molecule is Cc1cccc(Oc2cc(C#N)cc(Cl)n2)c1[N+](=O)[O-]. The van der Waals surface area contributed by atoms with Crippen LogP contribution in [0.5, 0.6) is 11.6 Å². The van der Waals surface area contributed by atoms with Crippen LogP contribution >= 0.6 is 11.6 Å². The van der Waals surface area contributed by atoms with Crippen molar-refractivity contribution >= 4 is 17.3 Å². The number of nitro benzene ring substituents is 1. The molecule has 2 rings (SSSR count). The highest BCUT2D eigenvalue weighted by atomic mass is 35.5. The maximum Gasteiger partial charge on any atom is 0.314 e. The van der Waals surface area contributed by atoms with Crippen LogP contribution in [0, 0.1) is 28.4 Å². The number of pyridine rings is 1. The molecule has 1 heterocycles. The van der Waals surface area contributed by atoms with Gasteiger partial charge in [-0.15, -0.1) is 0 Å². The molecular weight excluding hydrogens is 282 g/mol. The number of hydrogen-bond donors (Lipinski definition) is 0. The van der Waals surface area contributed by atoms with Crippen molar-refractivity contribution in [2.24, 2.45) is 0 Å². The van der Waals surface area contributed by atoms with E-state index in [-0.39, 0.29) is 28.0 Å². The first kappa shape index (κ1) is 13.8. The normalized spacial score (nSPS) is 9.85. The summed E-state index contributed by atoms with van der Waals surface area (Å²) in [7, 11) is 0. The van der Waals surface area contributed by atoms with E-state index in [9.17, 15) is 10.1 Å².